The molecule has 1 heterocycles. The number of aryl methyl sites for hydroxylation is 2. The van der Waals surface area contributed by atoms with Gasteiger partial charge in [0.05, 0.1) is 12.2 Å². The molecule has 1 aromatic heterocycles. The van der Waals surface area contributed by atoms with E-state index in [1.165, 1.54) is 0 Å². The molecule has 2 aromatic rings. The van der Waals surface area contributed by atoms with Crippen LogP contribution in [0.15, 0.2) is 34.9 Å². The first-order chi connectivity index (χ1) is 10.5. The van der Waals surface area contributed by atoms with Crippen molar-refractivity contribution in [3.63, 3.8) is 0 Å². The minimum absolute atomic E-state index is 0.0861. The van der Waals surface area contributed by atoms with Crippen LogP contribution < -0.4 is 4.90 Å². The fourth-order valence-corrected chi connectivity index (χ4v) is 2.48. The summed E-state index contributed by atoms with van der Waals surface area (Å²) in [5.74, 6) is 0.898. The van der Waals surface area contributed by atoms with Gasteiger partial charge in [-0.2, -0.15) is 0 Å². The molecule has 0 aliphatic rings. The predicted molar refractivity (Wildman–Crippen MR) is 86.8 cm³/mol. The van der Waals surface area contributed by atoms with Crippen LogP contribution in [0, 0.1) is 13.8 Å². The number of amides is 1. The second-order valence-corrected chi connectivity index (χ2v) is 5.45. The lowest BCUT2D eigenvalue weighted by Gasteiger charge is -2.24. The van der Waals surface area contributed by atoms with Crippen LogP contribution in [0.1, 0.15) is 23.9 Å². The molecule has 0 fully saturated rings. The Morgan fingerprint density at radius 2 is 1.91 bits per heavy atom. The highest BCUT2D eigenvalue weighted by atomic mass is 16.5. The number of hydrogen-bond donors (Lipinski definition) is 0. The van der Waals surface area contributed by atoms with Gasteiger partial charge >= 0.3 is 0 Å². The second kappa shape index (κ2) is 7.22. The highest BCUT2D eigenvalue weighted by Crippen LogP contribution is 2.16. The number of aromatic nitrogens is 1. The van der Waals surface area contributed by atoms with E-state index in [-0.39, 0.29) is 5.91 Å². The number of likely N-dealkylation sites (N-methyl/N-ethyl adjacent to an activating group) is 2. The van der Waals surface area contributed by atoms with Gasteiger partial charge in [-0.25, -0.2) is 0 Å². The molecule has 0 aliphatic heterocycles. The van der Waals surface area contributed by atoms with Crippen LogP contribution in [-0.4, -0.2) is 36.1 Å². The van der Waals surface area contributed by atoms with Gasteiger partial charge in [-0.3, -0.25) is 9.69 Å². The zero-order chi connectivity index (χ0) is 16.1. The molecule has 2 rings (SSSR count). The lowest BCUT2D eigenvalue weighted by atomic mass is 10.2. The maximum atomic E-state index is 12.5. The number of para-hydroxylation sites is 1. The van der Waals surface area contributed by atoms with E-state index in [0.717, 1.165) is 22.7 Å². The number of rotatable bonds is 6. The molecule has 5 nitrogen and oxygen atoms in total. The van der Waals surface area contributed by atoms with Gasteiger partial charge in [-0.15, -0.1) is 0 Å². The first-order valence-corrected chi connectivity index (χ1v) is 7.48. The molecule has 0 aliphatic carbocycles. The summed E-state index contributed by atoms with van der Waals surface area (Å²) in [5.41, 5.74) is 2.87. The van der Waals surface area contributed by atoms with Crippen molar-refractivity contribution >= 4 is 11.6 Å². The van der Waals surface area contributed by atoms with Crippen LogP contribution in [0.5, 0.6) is 0 Å². The van der Waals surface area contributed by atoms with Crippen molar-refractivity contribution in [2.75, 3.05) is 25.0 Å². The quantitative estimate of drug-likeness (QED) is 0.823. The molecular formula is C17H23N3O2. The first-order valence-electron chi connectivity index (χ1n) is 7.48. The molecule has 0 spiro atoms. The standard InChI is InChI=1S/C17H23N3O2/c1-5-20(15-9-7-6-8-10-15)17(21)12-19(4)11-16-13(2)18-22-14(16)3/h6-10H,5,11-12H2,1-4H3. The highest BCUT2D eigenvalue weighted by molar-refractivity contribution is 5.94. The summed E-state index contributed by atoms with van der Waals surface area (Å²) >= 11 is 0. The molecule has 5 heteroatoms. The van der Waals surface area contributed by atoms with Crippen molar-refractivity contribution in [1.29, 1.82) is 0 Å². The number of carbonyl (C=O) groups excluding carboxylic acids is 1. The Morgan fingerprint density at radius 1 is 1.23 bits per heavy atom. The third kappa shape index (κ3) is 3.74. The Hall–Kier alpha value is -2.14. The van der Waals surface area contributed by atoms with Crippen LogP contribution in [0.4, 0.5) is 5.69 Å². The first kappa shape index (κ1) is 16.2. The number of carbonyl (C=O) groups is 1. The van der Waals surface area contributed by atoms with Crippen molar-refractivity contribution in [3.8, 4) is 0 Å². The Labute approximate surface area is 131 Å². The topological polar surface area (TPSA) is 49.6 Å². The molecule has 0 atom stereocenters. The average molecular weight is 301 g/mol. The third-order valence-electron chi connectivity index (χ3n) is 3.70. The molecule has 0 radical (unpaired) electrons. The van der Waals surface area contributed by atoms with E-state index in [1.807, 2.05) is 63.1 Å². The van der Waals surface area contributed by atoms with Crippen LogP contribution in [-0.2, 0) is 11.3 Å². The summed E-state index contributed by atoms with van der Waals surface area (Å²) in [6.07, 6.45) is 0. The van der Waals surface area contributed by atoms with Crippen molar-refractivity contribution < 1.29 is 9.32 Å². The van der Waals surface area contributed by atoms with Gasteiger partial charge in [-0.05, 0) is 40.0 Å². The molecule has 118 valence electrons. The fraction of sp³-hybridized carbons (Fsp3) is 0.412. The summed E-state index contributed by atoms with van der Waals surface area (Å²) in [6, 6.07) is 9.74. The fourth-order valence-electron chi connectivity index (χ4n) is 2.48. The van der Waals surface area contributed by atoms with E-state index in [9.17, 15) is 4.79 Å². The minimum atomic E-state index is 0.0861. The molecule has 0 saturated heterocycles. The van der Waals surface area contributed by atoms with E-state index >= 15 is 0 Å². The van der Waals surface area contributed by atoms with Gasteiger partial charge in [0.2, 0.25) is 5.91 Å². The Kier molecular flexibility index (Phi) is 5.33. The zero-order valence-electron chi connectivity index (χ0n) is 13.7. The normalized spacial score (nSPS) is 11.0. The lowest BCUT2D eigenvalue weighted by Crippen LogP contribution is -2.38. The Bertz CT molecular complexity index is 603. The zero-order valence-corrected chi connectivity index (χ0v) is 13.7. The van der Waals surface area contributed by atoms with Gasteiger partial charge in [0.15, 0.2) is 0 Å². The average Bonchev–Trinajstić information content (AvgIpc) is 2.81. The molecule has 0 saturated carbocycles. The predicted octanol–water partition coefficient (Wildman–Crippen LogP) is 2.78. The van der Waals surface area contributed by atoms with Crippen molar-refractivity contribution in [3.05, 3.63) is 47.3 Å². The van der Waals surface area contributed by atoms with Gasteiger partial charge in [-0.1, -0.05) is 23.4 Å². The smallest absolute Gasteiger partial charge is 0.241 e. The molecule has 0 N–H and O–H groups in total. The van der Waals surface area contributed by atoms with E-state index in [4.69, 9.17) is 4.52 Å². The van der Waals surface area contributed by atoms with Gasteiger partial charge < -0.3 is 9.42 Å². The highest BCUT2D eigenvalue weighted by Gasteiger charge is 2.18. The van der Waals surface area contributed by atoms with Crippen LogP contribution in [0.2, 0.25) is 0 Å². The molecular weight excluding hydrogens is 278 g/mol. The summed E-state index contributed by atoms with van der Waals surface area (Å²) in [6.45, 7) is 7.46. The molecule has 0 bridgehead atoms. The second-order valence-electron chi connectivity index (χ2n) is 5.45. The lowest BCUT2D eigenvalue weighted by molar-refractivity contribution is -0.119. The van der Waals surface area contributed by atoms with Crippen LogP contribution in [0.3, 0.4) is 0 Å². The summed E-state index contributed by atoms with van der Waals surface area (Å²) in [7, 11) is 1.93. The largest absolute Gasteiger partial charge is 0.361 e. The molecule has 0 unspecified atom stereocenters. The summed E-state index contributed by atoms with van der Waals surface area (Å²) in [4.78, 5) is 16.3. The van der Waals surface area contributed by atoms with E-state index in [1.54, 1.807) is 4.90 Å². The van der Waals surface area contributed by atoms with Gasteiger partial charge in [0.1, 0.15) is 5.76 Å². The SMILES string of the molecule is CCN(C(=O)CN(C)Cc1c(C)noc1C)c1ccccc1. The van der Waals surface area contributed by atoms with Gasteiger partial charge in [0.25, 0.3) is 0 Å². The van der Waals surface area contributed by atoms with E-state index in [0.29, 0.717) is 19.6 Å². The number of nitrogens with zero attached hydrogens (tertiary/aromatic N) is 3. The number of anilines is 1. The Balaban J connectivity index is 2.01. The summed E-state index contributed by atoms with van der Waals surface area (Å²) < 4.78 is 5.17. The Morgan fingerprint density at radius 3 is 2.45 bits per heavy atom. The number of benzene rings is 1. The molecule has 1 amide bonds. The third-order valence-corrected chi connectivity index (χ3v) is 3.70. The maximum Gasteiger partial charge on any atom is 0.241 e. The molecule has 22 heavy (non-hydrogen) atoms. The van der Waals surface area contributed by atoms with Crippen LogP contribution in [0.25, 0.3) is 0 Å². The van der Waals surface area contributed by atoms with E-state index in [2.05, 4.69) is 5.16 Å². The minimum Gasteiger partial charge on any atom is -0.361 e. The number of hydrogen-bond acceptors (Lipinski definition) is 4. The van der Waals surface area contributed by atoms with E-state index < -0.39 is 0 Å². The monoisotopic (exact) mass is 301 g/mol. The maximum absolute atomic E-state index is 12.5. The van der Waals surface area contributed by atoms with Crippen molar-refractivity contribution in [2.24, 2.45) is 0 Å². The van der Waals surface area contributed by atoms with Crippen molar-refractivity contribution in [2.45, 2.75) is 27.3 Å². The molecule has 1 aromatic carbocycles. The summed E-state index contributed by atoms with van der Waals surface area (Å²) in [5, 5.41) is 3.95. The van der Waals surface area contributed by atoms with Crippen molar-refractivity contribution in [1.82, 2.24) is 10.1 Å². The van der Waals surface area contributed by atoms with Gasteiger partial charge in [0, 0.05) is 24.3 Å². The van der Waals surface area contributed by atoms with Crippen LogP contribution >= 0.6 is 0 Å².